The van der Waals surface area contributed by atoms with Crippen molar-refractivity contribution in [3.05, 3.63) is 58.9 Å². The minimum Gasteiger partial charge on any atom is -0.426 e. The molecule has 0 aromatic heterocycles. The number of carbonyl (C=O) groups excluding carboxylic acids is 2. The van der Waals surface area contributed by atoms with Gasteiger partial charge < -0.3 is 4.74 Å². The van der Waals surface area contributed by atoms with Crippen LogP contribution in [0.5, 0.6) is 5.75 Å². The second kappa shape index (κ2) is 8.99. The number of sulfonamides is 1. The van der Waals surface area contributed by atoms with Crippen molar-refractivity contribution in [3.63, 3.8) is 0 Å². The van der Waals surface area contributed by atoms with Gasteiger partial charge in [0, 0.05) is 25.1 Å². The molecule has 1 aliphatic heterocycles. The Hall–Kier alpha value is -2.58. The van der Waals surface area contributed by atoms with Crippen molar-refractivity contribution in [3.8, 4) is 5.75 Å². The molecule has 1 aliphatic carbocycles. The Morgan fingerprint density at radius 1 is 1.09 bits per heavy atom. The first kappa shape index (κ1) is 23.6. The number of ether oxygens (including phenoxy) is 1. The first-order valence-electron chi connectivity index (χ1n) is 11.3. The van der Waals surface area contributed by atoms with E-state index in [4.69, 9.17) is 4.74 Å². The predicted molar refractivity (Wildman–Crippen MR) is 121 cm³/mol. The molecule has 33 heavy (non-hydrogen) atoms. The molecular formula is C25H28FNO5S. The Labute approximate surface area is 193 Å². The summed E-state index contributed by atoms with van der Waals surface area (Å²) in [5, 5.41) is 0. The molecule has 1 fully saturated rings. The Balaban J connectivity index is 1.42. The largest absolute Gasteiger partial charge is 0.426 e. The van der Waals surface area contributed by atoms with Crippen molar-refractivity contribution in [2.24, 2.45) is 5.92 Å². The summed E-state index contributed by atoms with van der Waals surface area (Å²) < 4.78 is 47.1. The molecule has 1 heterocycles. The third kappa shape index (κ3) is 4.46. The van der Waals surface area contributed by atoms with Crippen LogP contribution in [0, 0.1) is 11.7 Å². The zero-order valence-corrected chi connectivity index (χ0v) is 19.8. The minimum atomic E-state index is -3.64. The maximum absolute atomic E-state index is 14.2. The van der Waals surface area contributed by atoms with Crippen LogP contribution in [0.3, 0.4) is 0 Å². The number of fused-ring (bicyclic) bond motifs is 1. The van der Waals surface area contributed by atoms with Crippen molar-refractivity contribution >= 4 is 21.8 Å². The third-order valence-corrected chi connectivity index (χ3v) is 8.51. The van der Waals surface area contributed by atoms with E-state index in [0.717, 1.165) is 5.56 Å². The Morgan fingerprint density at radius 3 is 2.33 bits per heavy atom. The summed E-state index contributed by atoms with van der Waals surface area (Å²) in [5.74, 6) is -1.57. The van der Waals surface area contributed by atoms with Crippen LogP contribution in [0.1, 0.15) is 73.4 Å². The Morgan fingerprint density at radius 2 is 1.73 bits per heavy atom. The molecule has 0 saturated carbocycles. The van der Waals surface area contributed by atoms with Gasteiger partial charge in [0.15, 0.2) is 5.78 Å². The van der Waals surface area contributed by atoms with Gasteiger partial charge in [-0.05, 0) is 54.5 Å². The highest BCUT2D eigenvalue weighted by molar-refractivity contribution is 7.89. The van der Waals surface area contributed by atoms with Gasteiger partial charge in [-0.2, -0.15) is 4.31 Å². The van der Waals surface area contributed by atoms with Crippen molar-refractivity contribution in [1.82, 2.24) is 4.31 Å². The molecule has 176 valence electrons. The van der Waals surface area contributed by atoms with Gasteiger partial charge in [-0.15, -0.1) is 0 Å². The average molecular weight is 474 g/mol. The number of nitrogens with zero attached hydrogens (tertiary/aromatic N) is 1. The quantitative estimate of drug-likeness (QED) is 0.467. The second-order valence-electron chi connectivity index (χ2n) is 9.19. The molecule has 0 N–H and O–H groups in total. The SMILES string of the molecule is CC(C)c1ccc(S(=O)(=O)N2CCC(C(=O)Oc3ccc(F)c4c3C(=O)CC4C)CC2)cc1. The van der Waals surface area contributed by atoms with Gasteiger partial charge in [-0.25, -0.2) is 12.8 Å². The van der Waals surface area contributed by atoms with Gasteiger partial charge in [0.2, 0.25) is 10.0 Å². The number of piperidine rings is 1. The molecule has 4 rings (SSSR count). The summed E-state index contributed by atoms with van der Waals surface area (Å²) in [6, 6.07) is 9.44. The van der Waals surface area contributed by atoms with E-state index < -0.39 is 27.7 Å². The van der Waals surface area contributed by atoms with Crippen LogP contribution < -0.4 is 4.74 Å². The lowest BCUT2D eigenvalue weighted by molar-refractivity contribution is -0.140. The maximum Gasteiger partial charge on any atom is 0.314 e. The van der Waals surface area contributed by atoms with Gasteiger partial charge in [0.1, 0.15) is 11.6 Å². The highest BCUT2D eigenvalue weighted by Crippen LogP contribution is 2.40. The van der Waals surface area contributed by atoms with E-state index in [2.05, 4.69) is 0 Å². The van der Waals surface area contributed by atoms with Crippen molar-refractivity contribution < 1.29 is 27.1 Å². The molecule has 0 bridgehead atoms. The standard InChI is InChI=1S/C25H28FNO5S/c1-15(2)17-4-6-19(7-5-17)33(30,31)27-12-10-18(11-13-27)25(29)32-22-9-8-20(26)23-16(3)14-21(28)24(22)23/h4-9,15-16,18H,10-14H2,1-3H3. The second-order valence-corrected chi connectivity index (χ2v) is 11.1. The number of hydrogen-bond donors (Lipinski definition) is 0. The van der Waals surface area contributed by atoms with Crippen LogP contribution in [0.15, 0.2) is 41.3 Å². The summed E-state index contributed by atoms with van der Waals surface area (Å²) in [6.45, 7) is 6.26. The van der Waals surface area contributed by atoms with E-state index in [1.807, 2.05) is 26.0 Å². The van der Waals surface area contributed by atoms with Gasteiger partial charge in [0.25, 0.3) is 0 Å². The van der Waals surface area contributed by atoms with E-state index in [0.29, 0.717) is 24.3 Å². The number of Topliss-reactive ketones (excluding diaryl/α,β-unsaturated/α-hetero) is 1. The first-order valence-corrected chi connectivity index (χ1v) is 12.7. The van der Waals surface area contributed by atoms with Crippen LogP contribution in [-0.4, -0.2) is 37.6 Å². The zero-order chi connectivity index (χ0) is 23.9. The van der Waals surface area contributed by atoms with Crippen LogP contribution in [0.25, 0.3) is 0 Å². The predicted octanol–water partition coefficient (Wildman–Crippen LogP) is 4.65. The van der Waals surface area contributed by atoms with Crippen LogP contribution >= 0.6 is 0 Å². The summed E-state index contributed by atoms with van der Waals surface area (Å²) in [4.78, 5) is 25.3. The molecular weight excluding hydrogens is 445 g/mol. The molecule has 2 aromatic carbocycles. The highest BCUT2D eigenvalue weighted by Gasteiger charge is 2.36. The minimum absolute atomic E-state index is 0.0889. The molecule has 2 aromatic rings. The summed E-state index contributed by atoms with van der Waals surface area (Å²) in [5.41, 5.74) is 1.52. The molecule has 8 heteroatoms. The van der Waals surface area contributed by atoms with Gasteiger partial charge >= 0.3 is 5.97 Å². The van der Waals surface area contributed by atoms with E-state index in [1.54, 1.807) is 19.1 Å². The van der Waals surface area contributed by atoms with Crippen LogP contribution in [0.4, 0.5) is 4.39 Å². The molecule has 2 aliphatic rings. The zero-order valence-electron chi connectivity index (χ0n) is 19.0. The van der Waals surface area contributed by atoms with E-state index in [9.17, 15) is 22.4 Å². The highest BCUT2D eigenvalue weighted by atomic mass is 32.2. The first-order chi connectivity index (χ1) is 15.6. The number of hydrogen-bond acceptors (Lipinski definition) is 5. The van der Waals surface area contributed by atoms with Gasteiger partial charge in [-0.3, -0.25) is 9.59 Å². The van der Waals surface area contributed by atoms with Crippen LogP contribution in [-0.2, 0) is 14.8 Å². The summed E-state index contributed by atoms with van der Waals surface area (Å²) >= 11 is 0. The molecule has 0 spiro atoms. The fourth-order valence-electron chi connectivity index (χ4n) is 4.61. The molecule has 1 atom stereocenters. The molecule has 6 nitrogen and oxygen atoms in total. The van der Waals surface area contributed by atoms with Gasteiger partial charge in [0.05, 0.1) is 16.4 Å². The average Bonchev–Trinajstić information content (AvgIpc) is 3.10. The fraction of sp³-hybridized carbons (Fsp3) is 0.440. The topological polar surface area (TPSA) is 80.8 Å². The smallest absolute Gasteiger partial charge is 0.314 e. The van der Waals surface area contributed by atoms with E-state index in [-0.39, 0.29) is 47.4 Å². The lowest BCUT2D eigenvalue weighted by atomic mass is 9.98. The summed E-state index contributed by atoms with van der Waals surface area (Å²) in [6.07, 6.45) is 0.820. The van der Waals surface area contributed by atoms with Gasteiger partial charge in [-0.1, -0.05) is 32.9 Å². The van der Waals surface area contributed by atoms with Crippen molar-refractivity contribution in [2.45, 2.75) is 56.8 Å². The Kier molecular flexibility index (Phi) is 6.42. The maximum atomic E-state index is 14.2. The van der Waals surface area contributed by atoms with E-state index in [1.165, 1.54) is 16.4 Å². The molecule has 0 radical (unpaired) electrons. The van der Waals surface area contributed by atoms with Crippen molar-refractivity contribution in [2.75, 3.05) is 13.1 Å². The Bertz CT molecular complexity index is 1180. The molecule has 0 amide bonds. The number of carbonyl (C=O) groups is 2. The lowest BCUT2D eigenvalue weighted by Crippen LogP contribution is -2.41. The fourth-order valence-corrected chi connectivity index (χ4v) is 6.08. The number of ketones is 1. The number of esters is 1. The monoisotopic (exact) mass is 473 g/mol. The van der Waals surface area contributed by atoms with Crippen LogP contribution in [0.2, 0.25) is 0 Å². The van der Waals surface area contributed by atoms with E-state index >= 15 is 0 Å². The number of rotatable bonds is 5. The molecule has 1 unspecified atom stereocenters. The summed E-state index contributed by atoms with van der Waals surface area (Å²) in [7, 11) is -3.64. The molecule has 1 saturated heterocycles. The lowest BCUT2D eigenvalue weighted by Gasteiger charge is -2.30. The normalized spacial score (nSPS) is 19.7. The number of halogens is 1. The number of benzene rings is 2. The third-order valence-electron chi connectivity index (χ3n) is 6.60. The van der Waals surface area contributed by atoms with Crippen molar-refractivity contribution in [1.29, 1.82) is 0 Å².